The maximum absolute atomic E-state index is 12.2. The van der Waals surface area contributed by atoms with E-state index in [1.54, 1.807) is 6.92 Å². The van der Waals surface area contributed by atoms with E-state index in [9.17, 15) is 14.4 Å². The van der Waals surface area contributed by atoms with Crippen LogP contribution in [0.1, 0.15) is 24.8 Å². The van der Waals surface area contributed by atoms with E-state index >= 15 is 0 Å². The summed E-state index contributed by atoms with van der Waals surface area (Å²) in [6.07, 6.45) is 0. The summed E-state index contributed by atoms with van der Waals surface area (Å²) in [7, 11) is 0. The normalized spacial score (nSPS) is 16.6. The van der Waals surface area contributed by atoms with Gasteiger partial charge in [-0.3, -0.25) is 14.4 Å². The molecule has 1 aliphatic heterocycles. The van der Waals surface area contributed by atoms with Gasteiger partial charge < -0.3 is 19.7 Å². The third-order valence-corrected chi connectivity index (χ3v) is 4.74. The van der Waals surface area contributed by atoms with Crippen LogP contribution in [0.2, 0.25) is 0 Å². The van der Waals surface area contributed by atoms with Crippen molar-refractivity contribution < 1.29 is 23.9 Å². The largest absolute Gasteiger partial charge is 0.493 e. The average molecular weight is 366 g/mol. The van der Waals surface area contributed by atoms with Crippen LogP contribution in [-0.2, 0) is 19.1 Å². The smallest absolute Gasteiger partial charge is 0.325 e. The Hall–Kier alpha value is -2.22. The van der Waals surface area contributed by atoms with Crippen molar-refractivity contribution >= 4 is 29.5 Å². The first-order valence-corrected chi connectivity index (χ1v) is 9.16. The minimum absolute atomic E-state index is 0.115. The number of carbonyl (C=O) groups is 3. The van der Waals surface area contributed by atoms with Crippen LogP contribution in [0.3, 0.4) is 0 Å². The number of hydrogen-bond acceptors (Lipinski definition) is 6. The molecular formula is C17H22N2O5S. The standard InChI is InChI=1S/C17H22N2O5S/c1-3-23-13-8-6-5-7-12(13)17-19(15(21)11-25-17)10-14(20)18-9-16(22)24-4-2/h5-8,17H,3-4,9-11H2,1-2H3,(H,18,20). The van der Waals surface area contributed by atoms with E-state index in [-0.39, 0.29) is 31.0 Å². The number of rotatable bonds is 8. The molecule has 8 heteroatoms. The van der Waals surface area contributed by atoms with E-state index < -0.39 is 11.9 Å². The molecule has 1 saturated heterocycles. The lowest BCUT2D eigenvalue weighted by atomic mass is 10.2. The predicted octanol–water partition coefficient (Wildman–Crippen LogP) is 1.34. The fourth-order valence-corrected chi connectivity index (χ4v) is 3.66. The third kappa shape index (κ3) is 5.12. The van der Waals surface area contributed by atoms with Gasteiger partial charge in [-0.2, -0.15) is 0 Å². The molecule has 1 unspecified atom stereocenters. The highest BCUT2D eigenvalue weighted by Gasteiger charge is 2.35. The Labute approximate surface area is 151 Å². The summed E-state index contributed by atoms with van der Waals surface area (Å²) in [5, 5.41) is 2.19. The summed E-state index contributed by atoms with van der Waals surface area (Å²) in [4.78, 5) is 37.1. The molecule has 1 atom stereocenters. The van der Waals surface area contributed by atoms with E-state index in [4.69, 9.17) is 9.47 Å². The van der Waals surface area contributed by atoms with Gasteiger partial charge in [0, 0.05) is 5.56 Å². The molecule has 0 aromatic heterocycles. The monoisotopic (exact) mass is 366 g/mol. The van der Waals surface area contributed by atoms with Crippen molar-refractivity contribution in [2.24, 2.45) is 0 Å². The number of hydrogen-bond donors (Lipinski definition) is 1. The third-order valence-electron chi connectivity index (χ3n) is 3.50. The summed E-state index contributed by atoms with van der Waals surface area (Å²) in [6, 6.07) is 7.48. The summed E-state index contributed by atoms with van der Waals surface area (Å²) < 4.78 is 10.4. The Kier molecular flexibility index (Phi) is 7.12. The van der Waals surface area contributed by atoms with Gasteiger partial charge in [0.2, 0.25) is 11.8 Å². The zero-order valence-electron chi connectivity index (χ0n) is 14.3. The molecule has 1 aliphatic rings. The molecule has 1 aromatic rings. The van der Waals surface area contributed by atoms with Gasteiger partial charge in [0.25, 0.3) is 0 Å². The molecule has 2 amide bonds. The second-order valence-corrected chi connectivity index (χ2v) is 6.31. The van der Waals surface area contributed by atoms with Crippen LogP contribution in [0, 0.1) is 0 Å². The average Bonchev–Trinajstić information content (AvgIpc) is 2.95. The molecule has 0 spiro atoms. The number of amides is 2. The molecule has 25 heavy (non-hydrogen) atoms. The van der Waals surface area contributed by atoms with Crippen LogP contribution in [0.25, 0.3) is 0 Å². The highest BCUT2D eigenvalue weighted by atomic mass is 32.2. The number of carbonyl (C=O) groups excluding carboxylic acids is 3. The number of nitrogens with one attached hydrogen (secondary N) is 1. The first kappa shape index (κ1) is 19.1. The van der Waals surface area contributed by atoms with E-state index in [1.807, 2.05) is 31.2 Å². The second kappa shape index (κ2) is 9.31. The van der Waals surface area contributed by atoms with Gasteiger partial charge in [-0.25, -0.2) is 0 Å². The van der Waals surface area contributed by atoms with Crippen LogP contribution < -0.4 is 10.1 Å². The topological polar surface area (TPSA) is 84.9 Å². The van der Waals surface area contributed by atoms with E-state index in [1.165, 1.54) is 16.7 Å². The molecule has 1 fully saturated rings. The molecule has 2 rings (SSSR count). The molecule has 0 bridgehead atoms. The van der Waals surface area contributed by atoms with Crippen molar-refractivity contribution in [1.29, 1.82) is 0 Å². The van der Waals surface area contributed by atoms with Crippen molar-refractivity contribution in [3.63, 3.8) is 0 Å². The van der Waals surface area contributed by atoms with E-state index in [0.29, 0.717) is 18.1 Å². The van der Waals surface area contributed by atoms with Crippen molar-refractivity contribution in [3.05, 3.63) is 29.8 Å². The zero-order chi connectivity index (χ0) is 18.2. The van der Waals surface area contributed by atoms with Crippen molar-refractivity contribution in [2.45, 2.75) is 19.2 Å². The SMILES string of the molecule is CCOC(=O)CNC(=O)CN1C(=O)CSC1c1ccccc1OCC. The molecule has 7 nitrogen and oxygen atoms in total. The van der Waals surface area contributed by atoms with Gasteiger partial charge in [-0.15, -0.1) is 11.8 Å². The van der Waals surface area contributed by atoms with Crippen molar-refractivity contribution in [2.75, 3.05) is 32.1 Å². The van der Waals surface area contributed by atoms with Gasteiger partial charge >= 0.3 is 5.97 Å². The lowest BCUT2D eigenvalue weighted by Crippen LogP contribution is -2.41. The summed E-state index contributed by atoms with van der Waals surface area (Å²) in [6.45, 7) is 4.04. The molecule has 1 N–H and O–H groups in total. The fraction of sp³-hybridized carbons (Fsp3) is 0.471. The summed E-state index contributed by atoms with van der Waals surface area (Å²) >= 11 is 1.45. The predicted molar refractivity (Wildman–Crippen MR) is 94.2 cm³/mol. The van der Waals surface area contributed by atoms with Gasteiger partial charge in [0.05, 0.1) is 19.0 Å². The van der Waals surface area contributed by atoms with Crippen LogP contribution >= 0.6 is 11.8 Å². The van der Waals surface area contributed by atoms with E-state index in [0.717, 1.165) is 5.56 Å². The number of thioether (sulfide) groups is 1. The molecule has 1 aromatic carbocycles. The first-order valence-electron chi connectivity index (χ1n) is 8.11. The van der Waals surface area contributed by atoms with Gasteiger partial charge in [0.15, 0.2) is 0 Å². The number of ether oxygens (including phenoxy) is 2. The Morgan fingerprint density at radius 2 is 2.04 bits per heavy atom. The highest BCUT2D eigenvalue weighted by molar-refractivity contribution is 8.00. The maximum Gasteiger partial charge on any atom is 0.325 e. The second-order valence-electron chi connectivity index (χ2n) is 5.24. The Bertz CT molecular complexity index is 637. The molecular weight excluding hydrogens is 344 g/mol. The number of esters is 1. The number of benzene rings is 1. The van der Waals surface area contributed by atoms with Gasteiger partial charge in [-0.1, -0.05) is 18.2 Å². The summed E-state index contributed by atoms with van der Waals surface area (Å²) in [5.41, 5.74) is 0.860. The molecule has 0 aliphatic carbocycles. The first-order chi connectivity index (χ1) is 12.1. The van der Waals surface area contributed by atoms with Crippen LogP contribution in [-0.4, -0.2) is 54.7 Å². The Balaban J connectivity index is 2.04. The molecule has 1 heterocycles. The lowest BCUT2D eigenvalue weighted by Gasteiger charge is -2.25. The molecule has 0 saturated carbocycles. The van der Waals surface area contributed by atoms with Crippen molar-refractivity contribution in [1.82, 2.24) is 10.2 Å². The van der Waals surface area contributed by atoms with Gasteiger partial charge in [0.1, 0.15) is 24.2 Å². The number of nitrogens with zero attached hydrogens (tertiary/aromatic N) is 1. The van der Waals surface area contributed by atoms with Crippen LogP contribution in [0.15, 0.2) is 24.3 Å². The van der Waals surface area contributed by atoms with E-state index in [2.05, 4.69) is 5.32 Å². The lowest BCUT2D eigenvalue weighted by molar-refractivity contribution is -0.143. The minimum Gasteiger partial charge on any atom is -0.493 e. The Morgan fingerprint density at radius 3 is 2.76 bits per heavy atom. The van der Waals surface area contributed by atoms with Gasteiger partial charge in [-0.05, 0) is 19.9 Å². The highest BCUT2D eigenvalue weighted by Crippen LogP contribution is 2.42. The van der Waals surface area contributed by atoms with Crippen LogP contribution in [0.5, 0.6) is 5.75 Å². The summed E-state index contributed by atoms with van der Waals surface area (Å²) in [5.74, 6) is -0.0169. The quantitative estimate of drug-likeness (QED) is 0.699. The Morgan fingerprint density at radius 1 is 1.28 bits per heavy atom. The minimum atomic E-state index is -0.504. The number of para-hydroxylation sites is 1. The van der Waals surface area contributed by atoms with Crippen LogP contribution in [0.4, 0.5) is 0 Å². The fourth-order valence-electron chi connectivity index (χ4n) is 2.45. The molecule has 0 radical (unpaired) electrons. The maximum atomic E-state index is 12.2. The zero-order valence-corrected chi connectivity index (χ0v) is 15.1. The molecule has 136 valence electrons. The van der Waals surface area contributed by atoms with Crippen molar-refractivity contribution in [3.8, 4) is 5.75 Å².